The molecule has 9 aromatic rings. The Kier molecular flexibility index (Phi) is 6.70. The summed E-state index contributed by atoms with van der Waals surface area (Å²) in [6.45, 7) is 0. The van der Waals surface area contributed by atoms with Crippen LogP contribution in [-0.2, 0) is 5.41 Å². The molecule has 52 heavy (non-hydrogen) atoms. The van der Waals surface area contributed by atoms with Gasteiger partial charge in [0.05, 0.1) is 16.4 Å². The topological polar surface area (TPSA) is 4.93 Å². The van der Waals surface area contributed by atoms with Gasteiger partial charge in [-0.05, 0) is 93.0 Å². The number of aromatic nitrogens is 1. The van der Waals surface area contributed by atoms with Crippen molar-refractivity contribution in [1.82, 2.24) is 4.57 Å². The van der Waals surface area contributed by atoms with Crippen molar-refractivity contribution in [2.75, 3.05) is 0 Å². The van der Waals surface area contributed by atoms with E-state index in [-0.39, 0.29) is 0 Å². The molecule has 0 saturated heterocycles. The highest BCUT2D eigenvalue weighted by Crippen LogP contribution is 2.64. The molecule has 0 radical (unpaired) electrons. The van der Waals surface area contributed by atoms with Gasteiger partial charge in [0.25, 0.3) is 0 Å². The molecule has 0 bridgehead atoms. The first-order chi connectivity index (χ1) is 25.8. The quantitative estimate of drug-likeness (QED) is 0.181. The van der Waals surface area contributed by atoms with Gasteiger partial charge in [0, 0.05) is 36.0 Å². The molecule has 0 N–H and O–H groups in total. The number of benzene rings is 8. The minimum atomic E-state index is -0.557. The molecule has 3 heteroatoms. The molecule has 1 aromatic heterocycles. The van der Waals surface area contributed by atoms with Crippen LogP contribution in [0.3, 0.4) is 0 Å². The molecule has 1 spiro atoms. The third kappa shape index (κ3) is 4.21. The highest BCUT2D eigenvalue weighted by atomic mass is 32.2. The largest absolute Gasteiger partial charge is 0.309 e. The summed E-state index contributed by atoms with van der Waals surface area (Å²) >= 11 is 3.81. The Hall–Kier alpha value is -5.74. The molecule has 3 heterocycles. The molecule has 0 amide bonds. The number of hydrogen-bond donors (Lipinski definition) is 0. The molecular weight excluding hydrogens is 667 g/mol. The molecule has 11 rings (SSSR count). The summed E-state index contributed by atoms with van der Waals surface area (Å²) in [7, 11) is 0. The van der Waals surface area contributed by atoms with Gasteiger partial charge < -0.3 is 4.57 Å². The van der Waals surface area contributed by atoms with E-state index < -0.39 is 5.41 Å². The van der Waals surface area contributed by atoms with Gasteiger partial charge in [-0.1, -0.05) is 163 Å². The van der Waals surface area contributed by atoms with Gasteiger partial charge in [-0.25, -0.2) is 0 Å². The van der Waals surface area contributed by atoms with Gasteiger partial charge in [-0.2, -0.15) is 0 Å². The van der Waals surface area contributed by atoms with Crippen molar-refractivity contribution >= 4 is 45.3 Å². The average Bonchev–Trinajstić information content (AvgIpc) is 3.54. The van der Waals surface area contributed by atoms with Gasteiger partial charge >= 0.3 is 0 Å². The number of fused-ring (bicyclic) bond motifs is 11. The van der Waals surface area contributed by atoms with Crippen molar-refractivity contribution < 1.29 is 0 Å². The molecule has 0 aliphatic carbocycles. The first-order valence-corrected chi connectivity index (χ1v) is 19.4. The summed E-state index contributed by atoms with van der Waals surface area (Å²) in [4.78, 5) is 5.22. The van der Waals surface area contributed by atoms with Crippen molar-refractivity contribution in [2.24, 2.45) is 0 Å². The number of hydrogen-bond acceptors (Lipinski definition) is 2. The lowest BCUT2D eigenvalue weighted by atomic mass is 9.61. The lowest BCUT2D eigenvalue weighted by Gasteiger charge is -2.47. The molecule has 2 aliphatic rings. The second-order valence-corrected chi connectivity index (χ2v) is 15.8. The lowest BCUT2D eigenvalue weighted by Crippen LogP contribution is -2.37. The van der Waals surface area contributed by atoms with Crippen molar-refractivity contribution in [3.8, 4) is 27.9 Å². The van der Waals surface area contributed by atoms with E-state index in [9.17, 15) is 0 Å². The van der Waals surface area contributed by atoms with Crippen LogP contribution in [0.2, 0.25) is 0 Å². The molecule has 1 atom stereocenters. The van der Waals surface area contributed by atoms with Crippen LogP contribution in [0.1, 0.15) is 22.3 Å². The van der Waals surface area contributed by atoms with Crippen LogP contribution < -0.4 is 0 Å². The van der Waals surface area contributed by atoms with E-state index in [1.54, 1.807) is 0 Å². The maximum atomic E-state index is 2.43. The van der Waals surface area contributed by atoms with Crippen LogP contribution in [0.5, 0.6) is 0 Å². The van der Waals surface area contributed by atoms with Gasteiger partial charge in [-0.15, -0.1) is 0 Å². The molecular formula is C49H31NS2. The molecule has 1 nitrogen and oxygen atoms in total. The minimum Gasteiger partial charge on any atom is -0.309 e. The maximum Gasteiger partial charge on any atom is 0.0757 e. The minimum absolute atomic E-state index is 0.557. The standard InChI is InChI=1S/C49H31NS2/c1-3-15-32(16-4-1)35-20-13-27-45-47(35)49(39-22-8-11-25-43(39)51-45)40-23-9-12-26-44(40)52-46-28-14-21-36(48(46)49)33-29-30-38-37-19-7-10-24-41(37)50(42(38)31-33)34-17-5-2-6-18-34/h1-31H. The van der Waals surface area contributed by atoms with Crippen LogP contribution >= 0.6 is 23.5 Å². The first-order valence-electron chi connectivity index (χ1n) is 17.8. The van der Waals surface area contributed by atoms with E-state index in [0.29, 0.717) is 0 Å². The Morgan fingerprint density at radius 3 is 1.56 bits per heavy atom. The van der Waals surface area contributed by atoms with E-state index in [1.807, 2.05) is 23.5 Å². The van der Waals surface area contributed by atoms with Crippen LogP contribution in [-0.4, -0.2) is 4.57 Å². The summed E-state index contributed by atoms with van der Waals surface area (Å²) in [6, 6.07) is 69.8. The molecule has 2 aliphatic heterocycles. The lowest BCUT2D eigenvalue weighted by molar-refractivity contribution is 0.671. The van der Waals surface area contributed by atoms with Gasteiger partial charge in [-0.3, -0.25) is 0 Å². The highest BCUT2D eigenvalue weighted by molar-refractivity contribution is 8.00. The van der Waals surface area contributed by atoms with Crippen LogP contribution in [0.4, 0.5) is 0 Å². The fourth-order valence-corrected chi connectivity index (χ4v) is 11.3. The SMILES string of the molecule is c1ccc(-c2cccc3c2C2(c4ccccc4S3)c3ccccc3Sc3cccc(-c4ccc5c6ccccc6n(-c6ccccc6)c5c4)c32)cc1. The zero-order valence-corrected chi connectivity index (χ0v) is 29.8. The Morgan fingerprint density at radius 2 is 0.885 bits per heavy atom. The normalized spacial score (nSPS) is 15.6. The first kappa shape index (κ1) is 29.9. The third-order valence-electron chi connectivity index (χ3n) is 10.9. The smallest absolute Gasteiger partial charge is 0.0757 e. The third-order valence-corrected chi connectivity index (χ3v) is 13.2. The highest BCUT2D eigenvalue weighted by Gasteiger charge is 2.51. The van der Waals surface area contributed by atoms with E-state index in [1.165, 1.54) is 91.6 Å². The Bertz CT molecular complexity index is 2810. The van der Waals surface area contributed by atoms with Gasteiger partial charge in [0.2, 0.25) is 0 Å². The van der Waals surface area contributed by atoms with E-state index in [2.05, 4.69) is 193 Å². The van der Waals surface area contributed by atoms with Crippen LogP contribution in [0.25, 0.3) is 49.7 Å². The Morgan fingerprint density at radius 1 is 0.365 bits per heavy atom. The zero-order valence-electron chi connectivity index (χ0n) is 28.2. The summed E-state index contributed by atoms with van der Waals surface area (Å²) in [5.74, 6) is 0. The fraction of sp³-hybridized carbons (Fsp3) is 0.0204. The predicted molar refractivity (Wildman–Crippen MR) is 218 cm³/mol. The van der Waals surface area contributed by atoms with Crippen molar-refractivity contribution in [3.63, 3.8) is 0 Å². The van der Waals surface area contributed by atoms with Gasteiger partial charge in [0.15, 0.2) is 0 Å². The molecule has 1 unspecified atom stereocenters. The summed E-state index contributed by atoms with van der Waals surface area (Å²) < 4.78 is 2.43. The van der Waals surface area contributed by atoms with Crippen molar-refractivity contribution in [1.29, 1.82) is 0 Å². The monoisotopic (exact) mass is 697 g/mol. The van der Waals surface area contributed by atoms with E-state index in [4.69, 9.17) is 0 Å². The molecule has 0 saturated carbocycles. The summed E-state index contributed by atoms with van der Waals surface area (Å²) in [6.07, 6.45) is 0. The fourth-order valence-electron chi connectivity index (χ4n) is 8.87. The molecule has 0 fully saturated rings. The molecule has 8 aromatic carbocycles. The summed E-state index contributed by atoms with van der Waals surface area (Å²) in [5.41, 5.74) is 13.5. The van der Waals surface area contributed by atoms with Gasteiger partial charge in [0.1, 0.15) is 0 Å². The average molecular weight is 698 g/mol. The molecule has 244 valence electrons. The Balaban J connectivity index is 1.28. The van der Waals surface area contributed by atoms with Crippen LogP contribution in [0.15, 0.2) is 208 Å². The maximum absolute atomic E-state index is 2.43. The number of para-hydroxylation sites is 2. The van der Waals surface area contributed by atoms with E-state index in [0.717, 1.165) is 0 Å². The predicted octanol–water partition coefficient (Wildman–Crippen LogP) is 13.4. The number of nitrogens with zero attached hydrogens (tertiary/aromatic N) is 1. The Labute approximate surface area is 311 Å². The second kappa shape index (κ2) is 11.6. The van der Waals surface area contributed by atoms with E-state index >= 15 is 0 Å². The zero-order chi connectivity index (χ0) is 34.2. The van der Waals surface area contributed by atoms with Crippen molar-refractivity contribution in [3.05, 3.63) is 210 Å². The van der Waals surface area contributed by atoms with Crippen LogP contribution in [0, 0.1) is 0 Å². The number of rotatable bonds is 3. The van der Waals surface area contributed by atoms with Crippen molar-refractivity contribution in [2.45, 2.75) is 25.0 Å². The second-order valence-electron chi connectivity index (χ2n) is 13.6. The summed E-state index contributed by atoms with van der Waals surface area (Å²) in [5, 5.41) is 2.53.